The van der Waals surface area contributed by atoms with Crippen LogP contribution in [-0.4, -0.2) is 67.3 Å². The van der Waals surface area contributed by atoms with Crippen LogP contribution in [0.3, 0.4) is 0 Å². The minimum atomic E-state index is -4.86. The van der Waals surface area contributed by atoms with Crippen molar-refractivity contribution >= 4 is 23.4 Å². The van der Waals surface area contributed by atoms with E-state index in [2.05, 4.69) is 10.4 Å². The highest BCUT2D eigenvalue weighted by Crippen LogP contribution is 2.38. The number of rotatable bonds is 8. The minimum Gasteiger partial charge on any atom is -0.497 e. The summed E-state index contributed by atoms with van der Waals surface area (Å²) in [4.78, 5) is 42.8. The zero-order valence-electron chi connectivity index (χ0n) is 25.8. The fraction of sp³-hybridized carbons (Fsp3) is 0.273. The number of anilines is 1. The Morgan fingerprint density at radius 3 is 2.28 bits per heavy atom. The minimum absolute atomic E-state index is 0.0370. The SMILES string of the molecule is COc1cccc([C@H](C)NC(=O)c2cc(OC)ccc2-n2nc(C(F)(F)F)c3c2C(=O)N(c2ccc(C(=O)N(C)C)cc2)CC3)c1. The summed E-state index contributed by atoms with van der Waals surface area (Å²) in [7, 11) is 6.14. The van der Waals surface area contributed by atoms with Gasteiger partial charge in [-0.25, -0.2) is 4.68 Å². The van der Waals surface area contributed by atoms with Gasteiger partial charge in [0.1, 0.15) is 17.2 Å². The average molecular weight is 636 g/mol. The molecule has 13 heteroatoms. The molecule has 1 N–H and O–H groups in total. The third kappa shape index (κ3) is 6.12. The van der Waals surface area contributed by atoms with E-state index < -0.39 is 29.7 Å². The van der Waals surface area contributed by atoms with Crippen molar-refractivity contribution in [2.75, 3.05) is 39.8 Å². The Balaban J connectivity index is 1.58. The molecule has 1 aliphatic rings. The third-order valence-corrected chi connectivity index (χ3v) is 7.74. The number of aromatic nitrogens is 2. The van der Waals surface area contributed by atoms with Crippen LogP contribution in [0.4, 0.5) is 18.9 Å². The van der Waals surface area contributed by atoms with Crippen LogP contribution in [0.25, 0.3) is 5.69 Å². The summed E-state index contributed by atoms with van der Waals surface area (Å²) in [5, 5.41) is 6.75. The van der Waals surface area contributed by atoms with Crippen LogP contribution < -0.4 is 19.7 Å². The van der Waals surface area contributed by atoms with Crippen LogP contribution in [0, 0.1) is 0 Å². The molecule has 1 atom stereocenters. The van der Waals surface area contributed by atoms with Crippen LogP contribution in [0.15, 0.2) is 66.7 Å². The van der Waals surface area contributed by atoms with Gasteiger partial charge in [-0.05, 0) is 73.5 Å². The molecule has 3 amide bonds. The van der Waals surface area contributed by atoms with Gasteiger partial charge in [0.2, 0.25) is 0 Å². The Hall–Kier alpha value is -5.33. The number of hydrogen-bond acceptors (Lipinski definition) is 6. The van der Waals surface area contributed by atoms with E-state index in [0.717, 1.165) is 10.2 Å². The van der Waals surface area contributed by atoms with E-state index in [4.69, 9.17) is 9.47 Å². The Morgan fingerprint density at radius 1 is 0.978 bits per heavy atom. The summed E-state index contributed by atoms with van der Waals surface area (Å²) >= 11 is 0. The molecule has 240 valence electrons. The largest absolute Gasteiger partial charge is 0.497 e. The van der Waals surface area contributed by atoms with E-state index in [-0.39, 0.29) is 47.1 Å². The zero-order chi connectivity index (χ0) is 33.3. The van der Waals surface area contributed by atoms with Gasteiger partial charge in [-0.2, -0.15) is 18.3 Å². The molecular formula is C33H32F3N5O5. The first-order valence-corrected chi connectivity index (χ1v) is 14.3. The fourth-order valence-electron chi connectivity index (χ4n) is 5.33. The summed E-state index contributed by atoms with van der Waals surface area (Å²) in [5.41, 5.74) is -0.347. The van der Waals surface area contributed by atoms with Gasteiger partial charge < -0.3 is 24.6 Å². The van der Waals surface area contributed by atoms with E-state index in [0.29, 0.717) is 17.0 Å². The van der Waals surface area contributed by atoms with Crippen molar-refractivity contribution in [3.05, 3.63) is 100 Å². The first-order chi connectivity index (χ1) is 21.8. The van der Waals surface area contributed by atoms with Crippen LogP contribution in [0.5, 0.6) is 11.5 Å². The molecule has 1 aromatic heterocycles. The first-order valence-electron chi connectivity index (χ1n) is 14.3. The number of carbonyl (C=O) groups excluding carboxylic acids is 3. The number of methoxy groups -OCH3 is 2. The highest BCUT2D eigenvalue weighted by atomic mass is 19.4. The Morgan fingerprint density at radius 2 is 1.65 bits per heavy atom. The molecule has 2 heterocycles. The number of amides is 3. The maximum Gasteiger partial charge on any atom is 0.435 e. The Kier molecular flexibility index (Phi) is 8.77. The third-order valence-electron chi connectivity index (χ3n) is 7.74. The van der Waals surface area contributed by atoms with E-state index in [1.54, 1.807) is 69.6 Å². The number of alkyl halides is 3. The lowest BCUT2D eigenvalue weighted by Crippen LogP contribution is -2.39. The molecule has 5 rings (SSSR count). The Bertz CT molecular complexity index is 1800. The number of carbonyl (C=O) groups is 3. The summed E-state index contributed by atoms with van der Waals surface area (Å²) < 4.78 is 54.4. The van der Waals surface area contributed by atoms with E-state index in [1.807, 2.05) is 0 Å². The van der Waals surface area contributed by atoms with Gasteiger partial charge in [0.15, 0.2) is 5.69 Å². The highest BCUT2D eigenvalue weighted by Gasteiger charge is 2.44. The summed E-state index contributed by atoms with van der Waals surface area (Å²) in [6.07, 6.45) is -5.00. The number of benzene rings is 3. The molecule has 46 heavy (non-hydrogen) atoms. The zero-order valence-corrected chi connectivity index (χ0v) is 25.8. The molecule has 10 nitrogen and oxygen atoms in total. The standard InChI is InChI=1S/C33H32F3N5O5/c1-19(21-7-6-8-23(17-21)45-4)37-30(42)26-18-24(46-5)13-14-27(26)41-28-25(29(38-41)33(34,35)36)15-16-40(32(28)44)22-11-9-20(10-12-22)31(43)39(2)3/h6-14,17-19H,15-16H2,1-5H3,(H,37,42)/t19-/m0/s1. The molecule has 0 radical (unpaired) electrons. The van der Waals surface area contributed by atoms with Crippen LogP contribution in [-0.2, 0) is 12.6 Å². The van der Waals surface area contributed by atoms with Crippen molar-refractivity contribution in [2.24, 2.45) is 0 Å². The van der Waals surface area contributed by atoms with Crippen LogP contribution in [0.2, 0.25) is 0 Å². The maximum absolute atomic E-state index is 14.3. The number of hydrogen-bond donors (Lipinski definition) is 1. The molecule has 0 saturated carbocycles. The lowest BCUT2D eigenvalue weighted by molar-refractivity contribution is -0.141. The van der Waals surface area contributed by atoms with E-state index in [1.165, 1.54) is 42.2 Å². The van der Waals surface area contributed by atoms with Crippen molar-refractivity contribution < 1.29 is 37.0 Å². The topological polar surface area (TPSA) is 106 Å². The van der Waals surface area contributed by atoms with Crippen LogP contribution in [0.1, 0.15) is 61.0 Å². The van der Waals surface area contributed by atoms with Gasteiger partial charge in [-0.3, -0.25) is 14.4 Å². The van der Waals surface area contributed by atoms with Gasteiger partial charge in [-0.1, -0.05) is 12.1 Å². The molecule has 0 saturated heterocycles. The Labute approximate surface area is 263 Å². The van der Waals surface area contributed by atoms with E-state index in [9.17, 15) is 27.6 Å². The number of nitrogens with zero attached hydrogens (tertiary/aromatic N) is 4. The van der Waals surface area contributed by atoms with Crippen molar-refractivity contribution in [1.82, 2.24) is 20.0 Å². The lowest BCUT2D eigenvalue weighted by atomic mass is 10.0. The number of halogens is 3. The molecule has 0 fully saturated rings. The molecule has 0 aliphatic carbocycles. The molecular weight excluding hydrogens is 603 g/mol. The van der Waals surface area contributed by atoms with Gasteiger partial charge in [0.05, 0.1) is 31.5 Å². The summed E-state index contributed by atoms with van der Waals surface area (Å²) in [5.74, 6) is -0.727. The molecule has 0 bridgehead atoms. The molecule has 0 spiro atoms. The maximum atomic E-state index is 14.3. The highest BCUT2D eigenvalue weighted by molar-refractivity contribution is 6.08. The second kappa shape index (κ2) is 12.6. The average Bonchev–Trinajstić information content (AvgIpc) is 3.45. The van der Waals surface area contributed by atoms with Gasteiger partial charge >= 0.3 is 6.18 Å². The van der Waals surface area contributed by atoms with Gasteiger partial charge in [0.25, 0.3) is 17.7 Å². The lowest BCUT2D eigenvalue weighted by Gasteiger charge is -2.28. The predicted octanol–water partition coefficient (Wildman–Crippen LogP) is 5.30. The van der Waals surface area contributed by atoms with E-state index >= 15 is 0 Å². The second-order valence-electron chi connectivity index (χ2n) is 10.9. The van der Waals surface area contributed by atoms with Gasteiger partial charge in [0, 0.05) is 37.5 Å². The quantitative estimate of drug-likeness (QED) is 0.282. The molecule has 0 unspecified atom stereocenters. The smallest absolute Gasteiger partial charge is 0.435 e. The van der Waals surface area contributed by atoms with Crippen LogP contribution >= 0.6 is 0 Å². The molecule has 4 aromatic rings. The molecule has 1 aliphatic heterocycles. The molecule has 3 aromatic carbocycles. The normalized spacial score (nSPS) is 13.6. The predicted molar refractivity (Wildman–Crippen MR) is 164 cm³/mol. The number of ether oxygens (including phenoxy) is 2. The number of nitrogens with one attached hydrogen (secondary N) is 1. The van der Waals surface area contributed by atoms with Crippen molar-refractivity contribution in [3.63, 3.8) is 0 Å². The summed E-state index contributed by atoms with van der Waals surface area (Å²) in [6.45, 7) is 1.71. The monoisotopic (exact) mass is 635 g/mol. The first kappa shape index (κ1) is 32.1. The van der Waals surface area contributed by atoms with Gasteiger partial charge in [-0.15, -0.1) is 0 Å². The number of fused-ring (bicyclic) bond motifs is 1. The van der Waals surface area contributed by atoms with Crippen molar-refractivity contribution in [1.29, 1.82) is 0 Å². The second-order valence-corrected chi connectivity index (χ2v) is 10.9. The summed E-state index contributed by atoms with van der Waals surface area (Å²) in [6, 6.07) is 17.1. The van der Waals surface area contributed by atoms with Crippen molar-refractivity contribution in [2.45, 2.75) is 25.6 Å². The fourth-order valence-corrected chi connectivity index (χ4v) is 5.33. The van der Waals surface area contributed by atoms with Crippen molar-refractivity contribution in [3.8, 4) is 17.2 Å².